The molecule has 0 heterocycles. The molecule has 2 rings (SSSR count). The van der Waals surface area contributed by atoms with Gasteiger partial charge in [0, 0.05) is 12.1 Å². The van der Waals surface area contributed by atoms with E-state index in [1.54, 1.807) is 19.1 Å². The van der Waals surface area contributed by atoms with Gasteiger partial charge < -0.3 is 8.92 Å². The highest BCUT2D eigenvalue weighted by Crippen LogP contribution is 2.29. The molecular formula is C14H13NO6S. The molecule has 116 valence electrons. The summed E-state index contributed by atoms with van der Waals surface area (Å²) in [6.07, 6.45) is 0. The Morgan fingerprint density at radius 3 is 2.41 bits per heavy atom. The van der Waals surface area contributed by atoms with Crippen LogP contribution in [0.1, 0.15) is 5.56 Å². The summed E-state index contributed by atoms with van der Waals surface area (Å²) in [5.41, 5.74) is 0.0509. The fourth-order valence-corrected chi connectivity index (χ4v) is 2.88. The molecule has 0 radical (unpaired) electrons. The van der Waals surface area contributed by atoms with E-state index in [1.807, 2.05) is 0 Å². The molecule has 0 aliphatic carbocycles. The van der Waals surface area contributed by atoms with Gasteiger partial charge in [0.05, 0.1) is 12.0 Å². The summed E-state index contributed by atoms with van der Waals surface area (Å²) in [5.74, 6) is 0.417. The Labute approximate surface area is 127 Å². The lowest BCUT2D eigenvalue weighted by Crippen LogP contribution is -2.12. The second-order valence-corrected chi connectivity index (χ2v) is 5.96. The van der Waals surface area contributed by atoms with Gasteiger partial charge in [0.2, 0.25) is 0 Å². The Balaban J connectivity index is 2.44. The molecule has 0 fully saturated rings. The summed E-state index contributed by atoms with van der Waals surface area (Å²) in [6.45, 7) is 1.63. The van der Waals surface area contributed by atoms with E-state index in [0.717, 1.165) is 6.07 Å². The van der Waals surface area contributed by atoms with Gasteiger partial charge in [-0.2, -0.15) is 8.42 Å². The quantitative estimate of drug-likeness (QED) is 0.477. The number of aryl methyl sites for hydroxylation is 1. The van der Waals surface area contributed by atoms with E-state index < -0.39 is 25.6 Å². The van der Waals surface area contributed by atoms with Crippen LogP contribution in [0.15, 0.2) is 47.4 Å². The van der Waals surface area contributed by atoms with E-state index in [1.165, 1.54) is 31.4 Å². The third-order valence-electron chi connectivity index (χ3n) is 2.83. The number of hydrogen-bond acceptors (Lipinski definition) is 6. The number of nitro benzene ring substituents is 1. The predicted octanol–water partition coefficient (Wildman–Crippen LogP) is 2.68. The first-order chi connectivity index (χ1) is 10.3. The number of ether oxygens (including phenoxy) is 1. The topological polar surface area (TPSA) is 95.7 Å². The minimum absolute atomic E-state index is 0.00854. The first-order valence-corrected chi connectivity index (χ1v) is 7.58. The zero-order valence-corrected chi connectivity index (χ0v) is 12.7. The number of benzene rings is 2. The van der Waals surface area contributed by atoms with Crippen LogP contribution in [0, 0.1) is 17.0 Å². The highest BCUT2D eigenvalue weighted by molar-refractivity contribution is 7.87. The van der Waals surface area contributed by atoms with Crippen LogP contribution in [0.2, 0.25) is 0 Å². The first-order valence-electron chi connectivity index (χ1n) is 6.17. The summed E-state index contributed by atoms with van der Waals surface area (Å²) < 4.78 is 34.5. The summed E-state index contributed by atoms with van der Waals surface area (Å²) >= 11 is 0. The smallest absolute Gasteiger partial charge is 0.346 e. The minimum Gasteiger partial charge on any atom is -0.497 e. The SMILES string of the molecule is COc1cccc(OS(=O)(=O)c2ccc(C)cc2[N+](=O)[O-])c1. The van der Waals surface area contributed by atoms with Crippen molar-refractivity contribution >= 4 is 15.8 Å². The lowest BCUT2D eigenvalue weighted by Gasteiger charge is -2.09. The van der Waals surface area contributed by atoms with Crippen LogP contribution in [0.5, 0.6) is 11.5 Å². The van der Waals surface area contributed by atoms with Crippen LogP contribution in [-0.4, -0.2) is 20.5 Å². The first kappa shape index (κ1) is 15.8. The molecule has 0 bridgehead atoms. The second kappa shape index (κ2) is 6.02. The predicted molar refractivity (Wildman–Crippen MR) is 78.6 cm³/mol. The van der Waals surface area contributed by atoms with E-state index in [-0.39, 0.29) is 5.75 Å². The molecule has 8 heteroatoms. The van der Waals surface area contributed by atoms with E-state index >= 15 is 0 Å². The van der Waals surface area contributed by atoms with Crippen LogP contribution >= 0.6 is 0 Å². The summed E-state index contributed by atoms with van der Waals surface area (Å²) in [6, 6.07) is 9.76. The molecule has 0 spiro atoms. The molecule has 0 aromatic heterocycles. The molecule has 2 aromatic rings. The number of rotatable bonds is 5. The normalized spacial score (nSPS) is 11.0. The highest BCUT2D eigenvalue weighted by Gasteiger charge is 2.27. The standard InChI is InChI=1S/C14H13NO6S/c1-10-6-7-14(13(8-10)15(16)17)22(18,19)21-12-5-3-4-11(9-12)20-2/h3-9H,1-2H3. The van der Waals surface area contributed by atoms with Crippen LogP contribution in [0.25, 0.3) is 0 Å². The Bertz CT molecular complexity index is 816. The Hall–Kier alpha value is -2.61. The van der Waals surface area contributed by atoms with E-state index in [9.17, 15) is 18.5 Å². The van der Waals surface area contributed by atoms with Crippen LogP contribution in [-0.2, 0) is 10.1 Å². The molecule has 0 aliphatic rings. The van der Waals surface area contributed by atoms with Crippen molar-refractivity contribution in [1.29, 1.82) is 0 Å². The molecule has 2 aromatic carbocycles. The molecule has 0 aliphatic heterocycles. The van der Waals surface area contributed by atoms with Gasteiger partial charge in [-0.05, 0) is 30.7 Å². The van der Waals surface area contributed by atoms with Crippen molar-refractivity contribution < 1.29 is 22.3 Å². The average molecular weight is 323 g/mol. The maximum Gasteiger partial charge on any atom is 0.346 e. The summed E-state index contributed by atoms with van der Waals surface area (Å²) in [7, 11) is -2.90. The van der Waals surface area contributed by atoms with Crippen LogP contribution in [0.3, 0.4) is 0 Å². The summed E-state index contributed by atoms with van der Waals surface area (Å²) in [5, 5.41) is 11.0. The zero-order valence-electron chi connectivity index (χ0n) is 11.8. The van der Waals surface area contributed by atoms with Gasteiger partial charge in [-0.25, -0.2) is 0 Å². The van der Waals surface area contributed by atoms with Gasteiger partial charge in [0.25, 0.3) is 5.69 Å². The molecular weight excluding hydrogens is 310 g/mol. The van der Waals surface area contributed by atoms with Crippen molar-refractivity contribution in [2.75, 3.05) is 7.11 Å². The summed E-state index contributed by atoms with van der Waals surface area (Å²) in [4.78, 5) is 9.79. The molecule has 0 saturated carbocycles. The average Bonchev–Trinajstić information content (AvgIpc) is 2.46. The number of nitrogens with zero attached hydrogens (tertiary/aromatic N) is 1. The lowest BCUT2D eigenvalue weighted by atomic mass is 10.2. The van der Waals surface area contributed by atoms with Crippen molar-refractivity contribution in [1.82, 2.24) is 0 Å². The molecule has 0 unspecified atom stereocenters. The van der Waals surface area contributed by atoms with Crippen molar-refractivity contribution in [3.63, 3.8) is 0 Å². The Morgan fingerprint density at radius 1 is 1.09 bits per heavy atom. The van der Waals surface area contributed by atoms with Crippen LogP contribution < -0.4 is 8.92 Å². The van der Waals surface area contributed by atoms with Gasteiger partial charge >= 0.3 is 10.1 Å². The molecule has 0 saturated heterocycles. The van der Waals surface area contributed by atoms with Gasteiger partial charge in [-0.15, -0.1) is 0 Å². The number of nitro groups is 1. The largest absolute Gasteiger partial charge is 0.497 e. The maximum absolute atomic E-state index is 12.3. The highest BCUT2D eigenvalue weighted by atomic mass is 32.2. The van der Waals surface area contributed by atoms with Gasteiger partial charge in [-0.1, -0.05) is 12.1 Å². The van der Waals surface area contributed by atoms with Crippen molar-refractivity contribution in [3.8, 4) is 11.5 Å². The molecule has 7 nitrogen and oxygen atoms in total. The zero-order chi connectivity index (χ0) is 16.3. The molecule has 0 N–H and O–H groups in total. The van der Waals surface area contributed by atoms with Crippen LogP contribution in [0.4, 0.5) is 5.69 Å². The number of methoxy groups -OCH3 is 1. The van der Waals surface area contributed by atoms with Crippen molar-refractivity contribution in [2.45, 2.75) is 11.8 Å². The maximum atomic E-state index is 12.3. The van der Waals surface area contributed by atoms with E-state index in [4.69, 9.17) is 8.92 Å². The molecule has 22 heavy (non-hydrogen) atoms. The Morgan fingerprint density at radius 2 is 1.77 bits per heavy atom. The van der Waals surface area contributed by atoms with E-state index in [2.05, 4.69) is 0 Å². The number of hydrogen-bond donors (Lipinski definition) is 0. The monoisotopic (exact) mass is 323 g/mol. The molecule has 0 atom stereocenters. The van der Waals surface area contributed by atoms with Crippen molar-refractivity contribution in [2.24, 2.45) is 0 Å². The van der Waals surface area contributed by atoms with Crippen molar-refractivity contribution in [3.05, 3.63) is 58.1 Å². The second-order valence-electron chi connectivity index (χ2n) is 4.44. The molecule has 0 amide bonds. The van der Waals surface area contributed by atoms with E-state index in [0.29, 0.717) is 11.3 Å². The van der Waals surface area contributed by atoms with Gasteiger partial charge in [0.1, 0.15) is 11.5 Å². The Kier molecular flexibility index (Phi) is 4.32. The third-order valence-corrected chi connectivity index (χ3v) is 4.12. The third kappa shape index (κ3) is 3.34. The lowest BCUT2D eigenvalue weighted by molar-refractivity contribution is -0.387. The fraction of sp³-hybridized carbons (Fsp3) is 0.143. The van der Waals surface area contributed by atoms with Gasteiger partial charge in [0.15, 0.2) is 4.90 Å². The minimum atomic E-state index is -4.33. The van der Waals surface area contributed by atoms with Gasteiger partial charge in [-0.3, -0.25) is 10.1 Å². The fourth-order valence-electron chi connectivity index (χ4n) is 1.81.